The second-order valence-electron chi connectivity index (χ2n) is 5.76. The first-order valence-electron chi connectivity index (χ1n) is 6.84. The first-order chi connectivity index (χ1) is 10.3. The summed E-state index contributed by atoms with van der Waals surface area (Å²) in [7, 11) is 0. The van der Waals surface area contributed by atoms with Crippen LogP contribution in [-0.4, -0.2) is 11.4 Å². The van der Waals surface area contributed by atoms with Crippen LogP contribution in [0, 0.1) is 0 Å². The Morgan fingerprint density at radius 2 is 2.00 bits per heavy atom. The van der Waals surface area contributed by atoms with E-state index in [0.717, 1.165) is 5.56 Å². The summed E-state index contributed by atoms with van der Waals surface area (Å²) in [6, 6.07) is 6.98. The second kappa shape index (κ2) is 8.06. The maximum atomic E-state index is 12.3. The zero-order valence-corrected chi connectivity index (χ0v) is 15.2. The van der Waals surface area contributed by atoms with Gasteiger partial charge in [-0.3, -0.25) is 4.79 Å². The highest BCUT2D eigenvalue weighted by atomic mass is 35.5. The quantitative estimate of drug-likeness (QED) is 0.819. The molecule has 0 aliphatic carbocycles. The Morgan fingerprint density at radius 3 is 2.57 bits per heavy atom. The Labute approximate surface area is 151 Å². The number of carbonyl (C=O) groups excluding carboxylic acids is 1. The van der Waals surface area contributed by atoms with Gasteiger partial charge in [0.1, 0.15) is 12.0 Å². The molecule has 2 rings (SSSR count). The summed E-state index contributed by atoms with van der Waals surface area (Å²) in [5.74, 6) is 0.363. The summed E-state index contributed by atoms with van der Waals surface area (Å²) in [4.78, 5) is 12.3. The smallest absolute Gasteiger partial charge is 0.254 e. The molecule has 4 nitrogen and oxygen atoms in total. The number of rotatable bonds is 5. The van der Waals surface area contributed by atoms with Gasteiger partial charge in [-0.25, -0.2) is 0 Å². The van der Waals surface area contributed by atoms with Crippen molar-refractivity contribution in [2.75, 3.05) is 0 Å². The van der Waals surface area contributed by atoms with E-state index in [-0.39, 0.29) is 24.9 Å². The summed E-state index contributed by atoms with van der Waals surface area (Å²) in [5, 5.41) is 4.14. The minimum atomic E-state index is -0.477. The van der Waals surface area contributed by atoms with Crippen molar-refractivity contribution >= 4 is 41.5 Å². The van der Waals surface area contributed by atoms with E-state index in [2.05, 4.69) is 5.32 Å². The van der Waals surface area contributed by atoms with E-state index in [1.165, 1.54) is 6.26 Å². The molecule has 0 unspecified atom stereocenters. The van der Waals surface area contributed by atoms with Gasteiger partial charge in [-0.2, -0.15) is 0 Å². The van der Waals surface area contributed by atoms with Gasteiger partial charge < -0.3 is 15.5 Å². The van der Waals surface area contributed by atoms with Crippen LogP contribution in [0.4, 0.5) is 0 Å². The third-order valence-electron chi connectivity index (χ3n) is 3.22. The summed E-state index contributed by atoms with van der Waals surface area (Å²) >= 11 is 12.1. The monoisotopic (exact) mass is 376 g/mol. The number of halogens is 3. The predicted octanol–water partition coefficient (Wildman–Crippen LogP) is 4.22. The Bertz CT molecular complexity index is 684. The lowest BCUT2D eigenvalue weighted by Crippen LogP contribution is -2.45. The van der Waals surface area contributed by atoms with Gasteiger partial charge in [0.15, 0.2) is 0 Å². The minimum Gasteiger partial charge on any atom is -0.467 e. The highest BCUT2D eigenvalue weighted by Crippen LogP contribution is 2.25. The molecule has 1 amide bonds. The van der Waals surface area contributed by atoms with Crippen molar-refractivity contribution in [2.24, 2.45) is 5.73 Å². The lowest BCUT2D eigenvalue weighted by molar-refractivity contribution is 0.0912. The standard InChI is InChI=1S/C16H18Cl2N2O2.ClH/c1-16(2,7-10-3-4-12(17)6-14(10)18)20-15(21)11-5-13(8-19)22-9-11;/h3-6,9H,7-8,19H2,1-2H3,(H,20,21);1H. The number of nitrogens with two attached hydrogens (primary N) is 1. The lowest BCUT2D eigenvalue weighted by Gasteiger charge is -2.26. The molecule has 0 fully saturated rings. The molecule has 0 atom stereocenters. The van der Waals surface area contributed by atoms with Crippen LogP contribution >= 0.6 is 35.6 Å². The molecule has 0 aliphatic rings. The normalized spacial score (nSPS) is 11.0. The maximum Gasteiger partial charge on any atom is 0.254 e. The average molecular weight is 378 g/mol. The third-order valence-corrected chi connectivity index (χ3v) is 3.80. The number of amides is 1. The van der Waals surface area contributed by atoms with Crippen LogP contribution in [0.25, 0.3) is 0 Å². The van der Waals surface area contributed by atoms with Crippen LogP contribution in [0.15, 0.2) is 34.9 Å². The predicted molar refractivity (Wildman–Crippen MR) is 95.6 cm³/mol. The Balaban J connectivity index is 0.00000264. The van der Waals surface area contributed by atoms with Crippen molar-refractivity contribution in [3.05, 3.63) is 57.5 Å². The number of nitrogens with one attached hydrogen (secondary N) is 1. The fourth-order valence-electron chi connectivity index (χ4n) is 2.17. The Kier molecular flexibility index (Phi) is 6.96. The van der Waals surface area contributed by atoms with Gasteiger partial charge in [-0.1, -0.05) is 29.3 Å². The van der Waals surface area contributed by atoms with Crippen LogP contribution in [0.2, 0.25) is 10.0 Å². The van der Waals surface area contributed by atoms with E-state index in [1.54, 1.807) is 18.2 Å². The minimum absolute atomic E-state index is 0. The van der Waals surface area contributed by atoms with Gasteiger partial charge in [0.05, 0.1) is 12.1 Å². The van der Waals surface area contributed by atoms with Crippen molar-refractivity contribution in [3.8, 4) is 0 Å². The molecule has 1 heterocycles. The summed E-state index contributed by atoms with van der Waals surface area (Å²) in [6.07, 6.45) is 1.99. The Hall–Kier alpha value is -1.20. The molecule has 0 saturated carbocycles. The molecule has 23 heavy (non-hydrogen) atoms. The number of benzene rings is 1. The number of carbonyl (C=O) groups is 1. The SMILES string of the molecule is CC(C)(Cc1ccc(Cl)cc1Cl)NC(=O)c1coc(CN)c1.Cl. The zero-order chi connectivity index (χ0) is 16.3. The van der Waals surface area contributed by atoms with E-state index in [0.29, 0.717) is 27.8 Å². The van der Waals surface area contributed by atoms with Crippen LogP contribution in [0.5, 0.6) is 0 Å². The van der Waals surface area contributed by atoms with Crippen LogP contribution < -0.4 is 11.1 Å². The molecule has 0 radical (unpaired) electrons. The molecule has 0 saturated heterocycles. The van der Waals surface area contributed by atoms with Crippen LogP contribution in [-0.2, 0) is 13.0 Å². The molecule has 1 aromatic carbocycles. The second-order valence-corrected chi connectivity index (χ2v) is 6.60. The molecule has 1 aromatic heterocycles. The van der Waals surface area contributed by atoms with Gasteiger partial charge in [-0.05, 0) is 44.0 Å². The highest BCUT2D eigenvalue weighted by molar-refractivity contribution is 6.35. The summed E-state index contributed by atoms with van der Waals surface area (Å²) < 4.78 is 5.18. The first kappa shape index (κ1) is 19.8. The topological polar surface area (TPSA) is 68.3 Å². The summed E-state index contributed by atoms with van der Waals surface area (Å²) in [5.41, 5.74) is 6.37. The number of furan rings is 1. The molecular weight excluding hydrogens is 359 g/mol. The van der Waals surface area contributed by atoms with Gasteiger partial charge >= 0.3 is 0 Å². The third kappa shape index (κ3) is 5.43. The maximum absolute atomic E-state index is 12.3. The molecule has 126 valence electrons. The van der Waals surface area contributed by atoms with Crippen LogP contribution in [0.3, 0.4) is 0 Å². The fraction of sp³-hybridized carbons (Fsp3) is 0.312. The van der Waals surface area contributed by atoms with Crippen molar-refractivity contribution in [1.29, 1.82) is 0 Å². The van der Waals surface area contributed by atoms with E-state index >= 15 is 0 Å². The van der Waals surface area contributed by atoms with Gasteiger partial charge in [0, 0.05) is 15.6 Å². The number of hydrogen-bond donors (Lipinski definition) is 2. The van der Waals surface area contributed by atoms with E-state index in [1.807, 2.05) is 19.9 Å². The van der Waals surface area contributed by atoms with Crippen molar-refractivity contribution < 1.29 is 9.21 Å². The molecule has 7 heteroatoms. The number of hydrogen-bond acceptors (Lipinski definition) is 3. The van der Waals surface area contributed by atoms with E-state index in [4.69, 9.17) is 33.4 Å². The Morgan fingerprint density at radius 1 is 1.30 bits per heavy atom. The first-order valence-corrected chi connectivity index (χ1v) is 7.60. The molecule has 0 bridgehead atoms. The zero-order valence-electron chi connectivity index (χ0n) is 12.9. The lowest BCUT2D eigenvalue weighted by atomic mass is 9.94. The molecule has 0 aliphatic heterocycles. The van der Waals surface area contributed by atoms with Crippen LogP contribution in [0.1, 0.15) is 35.5 Å². The molecule has 0 spiro atoms. The van der Waals surface area contributed by atoms with Crippen molar-refractivity contribution in [2.45, 2.75) is 32.4 Å². The summed E-state index contributed by atoms with van der Waals surface area (Å²) in [6.45, 7) is 4.12. The van der Waals surface area contributed by atoms with Gasteiger partial charge in [-0.15, -0.1) is 12.4 Å². The van der Waals surface area contributed by atoms with Gasteiger partial charge in [0.25, 0.3) is 5.91 Å². The largest absolute Gasteiger partial charge is 0.467 e. The van der Waals surface area contributed by atoms with E-state index in [9.17, 15) is 4.79 Å². The highest BCUT2D eigenvalue weighted by Gasteiger charge is 2.23. The average Bonchev–Trinajstić information content (AvgIpc) is 2.90. The molecular formula is C16H19Cl3N2O2. The molecule has 3 N–H and O–H groups in total. The van der Waals surface area contributed by atoms with Crippen molar-refractivity contribution in [3.63, 3.8) is 0 Å². The van der Waals surface area contributed by atoms with E-state index < -0.39 is 5.54 Å². The van der Waals surface area contributed by atoms with Gasteiger partial charge in [0.2, 0.25) is 0 Å². The molecule has 2 aromatic rings. The van der Waals surface area contributed by atoms with Crippen molar-refractivity contribution in [1.82, 2.24) is 5.32 Å². The fourth-order valence-corrected chi connectivity index (χ4v) is 2.65.